The third-order valence-electron chi connectivity index (χ3n) is 4.54. The average molecular weight is 326 g/mol. The van der Waals surface area contributed by atoms with E-state index in [2.05, 4.69) is 21.2 Å². The molecule has 0 amide bonds. The smallest absolute Gasteiger partial charge is 0.270 e. The minimum atomic E-state index is -0.474. The van der Waals surface area contributed by atoms with Gasteiger partial charge in [0.05, 0.1) is 16.2 Å². The Morgan fingerprint density at radius 3 is 2.75 bits per heavy atom. The highest BCUT2D eigenvalue weighted by Gasteiger charge is 2.23. The number of benzene rings is 1. The maximum Gasteiger partial charge on any atom is 0.270 e. The van der Waals surface area contributed by atoms with Crippen molar-refractivity contribution >= 4 is 11.4 Å². The van der Waals surface area contributed by atoms with Gasteiger partial charge in [0.25, 0.3) is 5.69 Å². The first-order valence-corrected chi connectivity index (χ1v) is 7.85. The molecule has 0 unspecified atom stereocenters. The third-order valence-corrected chi connectivity index (χ3v) is 4.54. The van der Waals surface area contributed by atoms with Gasteiger partial charge in [0.15, 0.2) is 0 Å². The van der Waals surface area contributed by atoms with Crippen LogP contribution >= 0.6 is 0 Å². The minimum Gasteiger partial charge on any atom is -0.370 e. The van der Waals surface area contributed by atoms with Crippen LogP contribution in [0, 0.1) is 27.4 Å². The lowest BCUT2D eigenvalue weighted by Gasteiger charge is -2.33. The second kappa shape index (κ2) is 6.66. The van der Waals surface area contributed by atoms with Crippen LogP contribution in [0.2, 0.25) is 0 Å². The van der Waals surface area contributed by atoms with Gasteiger partial charge in [0, 0.05) is 38.7 Å². The number of hydrogen-bond acceptors (Lipinski definition) is 6. The number of non-ortho nitro benzene ring substituents is 1. The summed E-state index contributed by atoms with van der Waals surface area (Å²) < 4.78 is 1.94. The lowest BCUT2D eigenvalue weighted by Crippen LogP contribution is -2.35. The number of nitriles is 1. The molecule has 1 aliphatic heterocycles. The van der Waals surface area contributed by atoms with Gasteiger partial charge in [-0.25, -0.2) is 0 Å². The van der Waals surface area contributed by atoms with Crippen LogP contribution in [-0.4, -0.2) is 32.8 Å². The standard InChI is InChI=1S/C16H18N6O2/c1-20-11-18-19-16(20)8-12-4-6-21(7-5-12)15-3-2-14(22(23)24)9-13(15)10-17/h2-3,9,11-12H,4-8H2,1H3. The quantitative estimate of drug-likeness (QED) is 0.629. The van der Waals surface area contributed by atoms with E-state index in [1.165, 1.54) is 12.1 Å². The van der Waals surface area contributed by atoms with Gasteiger partial charge in [0.1, 0.15) is 18.2 Å². The van der Waals surface area contributed by atoms with Gasteiger partial charge in [-0.05, 0) is 24.8 Å². The Bertz CT molecular complexity index is 786. The predicted octanol–water partition coefficient (Wildman–Crippen LogP) is 2.05. The molecule has 0 bridgehead atoms. The average Bonchev–Trinajstić information content (AvgIpc) is 3.00. The van der Waals surface area contributed by atoms with E-state index >= 15 is 0 Å². The SMILES string of the molecule is Cn1cnnc1CC1CCN(c2ccc([N+](=O)[O-])cc2C#N)CC1. The van der Waals surface area contributed by atoms with Crippen molar-refractivity contribution in [3.05, 3.63) is 46.0 Å². The molecule has 0 N–H and O–H groups in total. The highest BCUT2D eigenvalue weighted by Crippen LogP contribution is 2.29. The summed E-state index contributed by atoms with van der Waals surface area (Å²) in [4.78, 5) is 12.5. The monoisotopic (exact) mass is 326 g/mol. The van der Waals surface area contributed by atoms with Crippen molar-refractivity contribution in [1.82, 2.24) is 14.8 Å². The molecule has 1 saturated heterocycles. The molecule has 3 rings (SSSR count). The minimum absolute atomic E-state index is 0.0486. The molecule has 1 aromatic heterocycles. The maximum atomic E-state index is 10.8. The zero-order valence-electron chi connectivity index (χ0n) is 13.4. The number of nitrogens with zero attached hydrogens (tertiary/aromatic N) is 6. The van der Waals surface area contributed by atoms with Gasteiger partial charge in [-0.1, -0.05) is 0 Å². The van der Waals surface area contributed by atoms with Crippen molar-refractivity contribution in [2.24, 2.45) is 13.0 Å². The van der Waals surface area contributed by atoms with E-state index in [1.54, 1.807) is 12.4 Å². The summed E-state index contributed by atoms with van der Waals surface area (Å²) in [6, 6.07) is 6.56. The third kappa shape index (κ3) is 3.20. The molecule has 1 aliphatic rings. The number of aryl methyl sites for hydroxylation is 1. The molecule has 2 heterocycles. The van der Waals surface area contributed by atoms with Crippen LogP contribution < -0.4 is 4.90 Å². The van der Waals surface area contributed by atoms with Crippen LogP contribution in [0.15, 0.2) is 24.5 Å². The van der Waals surface area contributed by atoms with Crippen molar-refractivity contribution in [3.8, 4) is 6.07 Å². The van der Waals surface area contributed by atoms with Gasteiger partial charge in [-0.3, -0.25) is 10.1 Å². The second-order valence-corrected chi connectivity index (χ2v) is 6.06. The van der Waals surface area contributed by atoms with Gasteiger partial charge in [-0.2, -0.15) is 5.26 Å². The van der Waals surface area contributed by atoms with Crippen molar-refractivity contribution in [2.75, 3.05) is 18.0 Å². The summed E-state index contributed by atoms with van der Waals surface area (Å²) in [5.74, 6) is 1.52. The van der Waals surface area contributed by atoms with Crippen molar-refractivity contribution in [3.63, 3.8) is 0 Å². The second-order valence-electron chi connectivity index (χ2n) is 6.06. The normalized spacial score (nSPS) is 15.2. The van der Waals surface area contributed by atoms with E-state index in [0.29, 0.717) is 11.5 Å². The lowest BCUT2D eigenvalue weighted by atomic mass is 9.92. The molecular weight excluding hydrogens is 308 g/mol. The highest BCUT2D eigenvalue weighted by atomic mass is 16.6. The fourth-order valence-corrected chi connectivity index (χ4v) is 3.13. The van der Waals surface area contributed by atoms with Crippen LogP contribution in [0.1, 0.15) is 24.2 Å². The van der Waals surface area contributed by atoms with Crippen LogP contribution in [0.5, 0.6) is 0 Å². The number of rotatable bonds is 4. The molecule has 0 saturated carbocycles. The van der Waals surface area contributed by atoms with E-state index in [1.807, 2.05) is 11.6 Å². The first-order valence-electron chi connectivity index (χ1n) is 7.85. The van der Waals surface area contributed by atoms with Gasteiger partial charge in [0.2, 0.25) is 0 Å². The number of piperidine rings is 1. The molecule has 0 radical (unpaired) electrons. The molecule has 0 atom stereocenters. The summed E-state index contributed by atoms with van der Waals surface area (Å²) >= 11 is 0. The topological polar surface area (TPSA) is 101 Å². The molecule has 1 fully saturated rings. The molecule has 0 spiro atoms. The number of nitro groups is 1. The van der Waals surface area contributed by atoms with Gasteiger partial charge in [-0.15, -0.1) is 10.2 Å². The van der Waals surface area contributed by atoms with Crippen LogP contribution in [-0.2, 0) is 13.5 Å². The van der Waals surface area contributed by atoms with E-state index in [4.69, 9.17) is 0 Å². The Hall–Kier alpha value is -2.95. The molecule has 1 aromatic carbocycles. The Balaban J connectivity index is 1.67. The van der Waals surface area contributed by atoms with E-state index in [-0.39, 0.29) is 5.69 Å². The van der Waals surface area contributed by atoms with E-state index in [9.17, 15) is 15.4 Å². The summed E-state index contributed by atoms with van der Waals surface area (Å²) in [7, 11) is 1.94. The molecule has 124 valence electrons. The number of hydrogen-bond donors (Lipinski definition) is 0. The van der Waals surface area contributed by atoms with Gasteiger partial charge < -0.3 is 9.47 Å². The lowest BCUT2D eigenvalue weighted by molar-refractivity contribution is -0.384. The van der Waals surface area contributed by atoms with Crippen LogP contribution in [0.25, 0.3) is 0 Å². The predicted molar refractivity (Wildman–Crippen MR) is 87.5 cm³/mol. The van der Waals surface area contributed by atoms with Crippen molar-refractivity contribution in [1.29, 1.82) is 5.26 Å². The van der Waals surface area contributed by atoms with Crippen molar-refractivity contribution in [2.45, 2.75) is 19.3 Å². The Morgan fingerprint density at radius 2 is 2.17 bits per heavy atom. The Morgan fingerprint density at radius 1 is 1.42 bits per heavy atom. The zero-order chi connectivity index (χ0) is 17.1. The fraction of sp³-hybridized carbons (Fsp3) is 0.438. The Labute approximate surface area is 139 Å². The molecule has 2 aromatic rings. The fourth-order valence-electron chi connectivity index (χ4n) is 3.13. The summed E-state index contributed by atoms with van der Waals surface area (Å²) in [5, 5.41) is 28.2. The first kappa shape index (κ1) is 15.9. The van der Waals surface area contributed by atoms with E-state index in [0.717, 1.165) is 43.9 Å². The molecule has 0 aliphatic carbocycles. The molecule has 8 nitrogen and oxygen atoms in total. The van der Waals surface area contributed by atoms with Crippen molar-refractivity contribution < 1.29 is 4.92 Å². The summed E-state index contributed by atoms with van der Waals surface area (Å²) in [6.45, 7) is 1.66. The van der Waals surface area contributed by atoms with Crippen LogP contribution in [0.3, 0.4) is 0 Å². The molecule has 8 heteroatoms. The summed E-state index contributed by atoms with van der Waals surface area (Å²) in [6.07, 6.45) is 4.60. The van der Waals surface area contributed by atoms with Gasteiger partial charge >= 0.3 is 0 Å². The van der Waals surface area contributed by atoms with Crippen LogP contribution in [0.4, 0.5) is 11.4 Å². The maximum absolute atomic E-state index is 10.8. The highest BCUT2D eigenvalue weighted by molar-refractivity contribution is 5.63. The van der Waals surface area contributed by atoms with E-state index < -0.39 is 4.92 Å². The number of anilines is 1. The first-order chi connectivity index (χ1) is 11.6. The molecular formula is C16H18N6O2. The molecule has 24 heavy (non-hydrogen) atoms. The largest absolute Gasteiger partial charge is 0.370 e. The summed E-state index contributed by atoms with van der Waals surface area (Å²) in [5.41, 5.74) is 1.09. The number of nitro benzene ring substituents is 1. The zero-order valence-corrected chi connectivity index (χ0v) is 13.4. The number of aromatic nitrogens is 3. The Kier molecular flexibility index (Phi) is 4.42.